The lowest BCUT2D eigenvalue weighted by Crippen LogP contribution is -2.29. The maximum atomic E-state index is 11.6. The number of ether oxygens (including phenoxy) is 2. The summed E-state index contributed by atoms with van der Waals surface area (Å²) in [6.45, 7) is 0. The Balaban J connectivity index is 2.41. The molecule has 1 aliphatic rings. The lowest BCUT2D eigenvalue weighted by atomic mass is 10.4. The molecule has 82 valence electrons. The van der Waals surface area contributed by atoms with Crippen molar-refractivity contribution in [3.63, 3.8) is 0 Å². The second-order valence-electron chi connectivity index (χ2n) is 2.37. The molecule has 0 aromatic carbocycles. The molecule has 0 N–H and O–H groups in total. The zero-order valence-corrected chi connectivity index (χ0v) is 6.15. The van der Waals surface area contributed by atoms with Gasteiger partial charge in [-0.05, 0) is 0 Å². The molecule has 1 aliphatic heterocycles. The van der Waals surface area contributed by atoms with Gasteiger partial charge in [0.2, 0.25) is 12.4 Å². The van der Waals surface area contributed by atoms with Crippen LogP contribution in [0.5, 0.6) is 0 Å². The van der Waals surface area contributed by atoms with E-state index in [-0.39, 0.29) is 0 Å². The lowest BCUT2D eigenvalue weighted by Gasteiger charge is -2.04. The van der Waals surface area contributed by atoms with E-state index in [4.69, 9.17) is 0 Å². The van der Waals surface area contributed by atoms with E-state index in [9.17, 15) is 31.1 Å². The van der Waals surface area contributed by atoms with Crippen molar-refractivity contribution in [2.24, 2.45) is 0 Å². The molecule has 0 amide bonds. The number of carbonyl (C=O) groups excluding carboxylic acids is 1. The second-order valence-corrected chi connectivity index (χ2v) is 2.37. The Morgan fingerprint density at radius 1 is 1.14 bits per heavy atom. The van der Waals surface area contributed by atoms with Crippen LogP contribution in [-0.4, -0.2) is 30.7 Å². The Bertz CT molecular complexity index is 243. The SMILES string of the molecule is O=C(OC1OC1C(F)(F)F)C(F)(F)F. The van der Waals surface area contributed by atoms with Crippen molar-refractivity contribution in [1.82, 2.24) is 0 Å². The highest BCUT2D eigenvalue weighted by Crippen LogP contribution is 2.39. The van der Waals surface area contributed by atoms with Gasteiger partial charge in [0, 0.05) is 0 Å². The number of hydrogen-bond donors (Lipinski definition) is 0. The minimum Gasteiger partial charge on any atom is -0.426 e. The van der Waals surface area contributed by atoms with Gasteiger partial charge in [-0.1, -0.05) is 0 Å². The van der Waals surface area contributed by atoms with Crippen LogP contribution in [0, 0.1) is 0 Å². The molecule has 2 atom stereocenters. The summed E-state index contributed by atoms with van der Waals surface area (Å²) in [4.78, 5) is 9.99. The van der Waals surface area contributed by atoms with Crippen molar-refractivity contribution in [2.45, 2.75) is 24.7 Å². The van der Waals surface area contributed by atoms with E-state index >= 15 is 0 Å². The Hall–Kier alpha value is -0.990. The van der Waals surface area contributed by atoms with E-state index < -0.39 is 30.7 Å². The van der Waals surface area contributed by atoms with E-state index in [0.717, 1.165) is 0 Å². The topological polar surface area (TPSA) is 38.8 Å². The normalized spacial score (nSPS) is 27.3. The Labute approximate surface area is 72.6 Å². The summed E-state index contributed by atoms with van der Waals surface area (Å²) in [6.07, 6.45) is -14.8. The van der Waals surface area contributed by atoms with Crippen LogP contribution in [0.1, 0.15) is 0 Å². The minimum atomic E-state index is -5.32. The Morgan fingerprint density at radius 2 is 1.64 bits per heavy atom. The van der Waals surface area contributed by atoms with Crippen LogP contribution >= 0.6 is 0 Å². The van der Waals surface area contributed by atoms with Gasteiger partial charge < -0.3 is 9.47 Å². The summed E-state index contributed by atoms with van der Waals surface area (Å²) in [6, 6.07) is 0. The van der Waals surface area contributed by atoms with E-state index in [0.29, 0.717) is 0 Å². The van der Waals surface area contributed by atoms with Crippen LogP contribution < -0.4 is 0 Å². The average molecular weight is 224 g/mol. The zero-order valence-electron chi connectivity index (χ0n) is 6.15. The summed E-state index contributed by atoms with van der Waals surface area (Å²) in [5.74, 6) is -2.70. The molecule has 0 radical (unpaired) electrons. The second kappa shape index (κ2) is 3.01. The number of hydrogen-bond acceptors (Lipinski definition) is 3. The van der Waals surface area contributed by atoms with Crippen molar-refractivity contribution in [2.75, 3.05) is 0 Å². The van der Waals surface area contributed by atoms with Gasteiger partial charge in [-0.3, -0.25) is 0 Å². The first-order chi connectivity index (χ1) is 6.12. The third kappa shape index (κ3) is 2.50. The number of alkyl halides is 6. The summed E-state index contributed by atoms with van der Waals surface area (Å²) in [5, 5.41) is 0. The molecule has 0 aliphatic carbocycles. The van der Waals surface area contributed by atoms with Gasteiger partial charge in [0.1, 0.15) is 0 Å². The number of rotatable bonds is 1. The Morgan fingerprint density at radius 3 is 1.93 bits per heavy atom. The summed E-state index contributed by atoms with van der Waals surface area (Å²) < 4.78 is 76.3. The first kappa shape index (κ1) is 11.1. The smallest absolute Gasteiger partial charge is 0.426 e. The first-order valence-corrected chi connectivity index (χ1v) is 3.12. The number of carbonyl (C=O) groups is 1. The van der Waals surface area contributed by atoms with Gasteiger partial charge in [0.25, 0.3) is 0 Å². The molecule has 1 saturated heterocycles. The van der Waals surface area contributed by atoms with Crippen LogP contribution in [0.2, 0.25) is 0 Å². The van der Waals surface area contributed by atoms with Crippen molar-refractivity contribution < 1.29 is 40.6 Å². The average Bonchev–Trinajstić information content (AvgIpc) is 2.63. The quantitative estimate of drug-likeness (QED) is 0.383. The highest BCUT2D eigenvalue weighted by molar-refractivity contribution is 5.75. The van der Waals surface area contributed by atoms with E-state index in [1.54, 1.807) is 0 Å². The molecule has 1 heterocycles. The third-order valence-corrected chi connectivity index (χ3v) is 1.23. The number of esters is 1. The monoisotopic (exact) mass is 224 g/mol. The summed E-state index contributed by atoms with van der Waals surface area (Å²) >= 11 is 0. The van der Waals surface area contributed by atoms with Crippen LogP contribution in [-0.2, 0) is 14.3 Å². The highest BCUT2D eigenvalue weighted by atomic mass is 19.4. The molecule has 0 saturated carbocycles. The molecular formula is C5H2F6O3. The molecule has 0 aromatic heterocycles. The summed E-state index contributed by atoms with van der Waals surface area (Å²) in [7, 11) is 0. The summed E-state index contributed by atoms with van der Waals surface area (Å²) in [5.41, 5.74) is 0. The molecule has 9 heteroatoms. The van der Waals surface area contributed by atoms with Crippen LogP contribution in [0.3, 0.4) is 0 Å². The standard InChI is InChI=1S/C5H2F6O3/c6-4(7,8)1-2(13-1)14-3(12)5(9,10)11/h1-2H. The largest absolute Gasteiger partial charge is 0.491 e. The maximum Gasteiger partial charge on any atom is 0.491 e. The fourth-order valence-electron chi connectivity index (χ4n) is 0.592. The highest BCUT2D eigenvalue weighted by Gasteiger charge is 2.62. The third-order valence-electron chi connectivity index (χ3n) is 1.23. The van der Waals surface area contributed by atoms with E-state index in [1.807, 2.05) is 0 Å². The fraction of sp³-hybridized carbons (Fsp3) is 0.800. The predicted molar refractivity (Wildman–Crippen MR) is 26.9 cm³/mol. The minimum absolute atomic E-state index is 2.18. The van der Waals surface area contributed by atoms with E-state index in [1.165, 1.54) is 0 Å². The van der Waals surface area contributed by atoms with Gasteiger partial charge in [0.05, 0.1) is 0 Å². The zero-order chi connectivity index (χ0) is 11.1. The number of halogens is 6. The molecule has 1 fully saturated rings. The molecule has 0 aromatic rings. The maximum absolute atomic E-state index is 11.6. The Kier molecular flexibility index (Phi) is 2.38. The van der Waals surface area contributed by atoms with Crippen LogP contribution in [0.25, 0.3) is 0 Å². The molecule has 0 bridgehead atoms. The van der Waals surface area contributed by atoms with Crippen molar-refractivity contribution >= 4 is 5.97 Å². The lowest BCUT2D eigenvalue weighted by molar-refractivity contribution is -0.205. The van der Waals surface area contributed by atoms with Crippen molar-refractivity contribution in [3.05, 3.63) is 0 Å². The van der Waals surface area contributed by atoms with Gasteiger partial charge in [-0.15, -0.1) is 0 Å². The van der Waals surface area contributed by atoms with Crippen LogP contribution in [0.4, 0.5) is 26.3 Å². The predicted octanol–water partition coefficient (Wildman–Crippen LogP) is 1.38. The molecule has 0 spiro atoms. The molecular weight excluding hydrogens is 222 g/mol. The fourth-order valence-corrected chi connectivity index (χ4v) is 0.592. The number of epoxide rings is 1. The molecule has 3 nitrogen and oxygen atoms in total. The van der Waals surface area contributed by atoms with Gasteiger partial charge in [-0.25, -0.2) is 4.79 Å². The van der Waals surface area contributed by atoms with Gasteiger partial charge in [0.15, 0.2) is 0 Å². The van der Waals surface area contributed by atoms with E-state index in [2.05, 4.69) is 9.47 Å². The van der Waals surface area contributed by atoms with Gasteiger partial charge >= 0.3 is 18.3 Å². The molecule has 14 heavy (non-hydrogen) atoms. The molecule has 2 unspecified atom stereocenters. The van der Waals surface area contributed by atoms with Crippen molar-refractivity contribution in [1.29, 1.82) is 0 Å². The molecule has 1 rings (SSSR count). The van der Waals surface area contributed by atoms with Crippen molar-refractivity contribution in [3.8, 4) is 0 Å². The van der Waals surface area contributed by atoms with Crippen LogP contribution in [0.15, 0.2) is 0 Å². The first-order valence-electron chi connectivity index (χ1n) is 3.12. The van der Waals surface area contributed by atoms with Gasteiger partial charge in [-0.2, -0.15) is 26.3 Å².